The summed E-state index contributed by atoms with van der Waals surface area (Å²) in [5.74, 6) is -0.788. The number of hydrogen-bond donors (Lipinski definition) is 0. The lowest BCUT2D eigenvalue weighted by Crippen LogP contribution is -2.36. The third-order valence-electron chi connectivity index (χ3n) is 3.24. The summed E-state index contributed by atoms with van der Waals surface area (Å²) in [5, 5.41) is 0. The molecular weight excluding hydrogens is 350 g/mol. The van der Waals surface area contributed by atoms with Gasteiger partial charge in [-0.1, -0.05) is 28.1 Å². The highest BCUT2D eigenvalue weighted by atomic mass is 79.9. The molecule has 3 rings (SSSR count). The van der Waals surface area contributed by atoms with Crippen molar-refractivity contribution >= 4 is 33.8 Å². The van der Waals surface area contributed by atoms with E-state index >= 15 is 0 Å². The molecule has 0 aromatic heterocycles. The van der Waals surface area contributed by atoms with E-state index in [0.29, 0.717) is 11.7 Å². The maximum Gasteiger partial charge on any atom is 0.322 e. The van der Waals surface area contributed by atoms with Gasteiger partial charge in [0.2, 0.25) is 5.90 Å². The van der Waals surface area contributed by atoms with Crippen LogP contribution in [0.5, 0.6) is 0 Å². The molecule has 2 aliphatic rings. The van der Waals surface area contributed by atoms with Crippen molar-refractivity contribution in [2.24, 2.45) is 10.9 Å². The second-order valence-corrected chi connectivity index (χ2v) is 5.82. The second-order valence-electron chi connectivity index (χ2n) is 4.90. The van der Waals surface area contributed by atoms with Crippen LogP contribution >= 0.6 is 15.9 Å². The molecule has 1 aromatic carbocycles. The van der Waals surface area contributed by atoms with E-state index in [1.165, 1.54) is 6.92 Å². The molecule has 2 unspecified atom stereocenters. The fourth-order valence-corrected chi connectivity index (χ4v) is 2.69. The molecule has 0 spiro atoms. The summed E-state index contributed by atoms with van der Waals surface area (Å²) in [6, 6.07) is 7.03. The molecular formula is C16H12BrNO4. The summed E-state index contributed by atoms with van der Waals surface area (Å²) in [6.07, 6.45) is 4.94. The van der Waals surface area contributed by atoms with Gasteiger partial charge in [0.1, 0.15) is 11.7 Å². The van der Waals surface area contributed by atoms with Crippen molar-refractivity contribution in [1.29, 1.82) is 0 Å². The van der Waals surface area contributed by atoms with E-state index in [-0.39, 0.29) is 6.04 Å². The van der Waals surface area contributed by atoms with E-state index in [0.717, 1.165) is 10.0 Å². The van der Waals surface area contributed by atoms with E-state index in [2.05, 4.69) is 20.9 Å². The Labute approximate surface area is 135 Å². The Morgan fingerprint density at radius 3 is 2.95 bits per heavy atom. The average molecular weight is 362 g/mol. The Hall–Kier alpha value is -2.21. The molecule has 0 saturated carbocycles. The van der Waals surface area contributed by atoms with Crippen LogP contribution in [0.4, 0.5) is 0 Å². The smallest absolute Gasteiger partial charge is 0.322 e. The Morgan fingerprint density at radius 2 is 2.23 bits per heavy atom. The highest BCUT2D eigenvalue weighted by molar-refractivity contribution is 9.10. The summed E-state index contributed by atoms with van der Waals surface area (Å²) in [5.41, 5.74) is 0.726. The molecule has 0 amide bonds. The quantitative estimate of drug-likeness (QED) is 0.759. The lowest BCUT2D eigenvalue weighted by atomic mass is 9.93. The molecule has 22 heavy (non-hydrogen) atoms. The lowest BCUT2D eigenvalue weighted by Gasteiger charge is -2.26. The van der Waals surface area contributed by atoms with Crippen molar-refractivity contribution < 1.29 is 19.1 Å². The Balaban J connectivity index is 1.89. The minimum absolute atomic E-state index is 0.293. The fourth-order valence-electron chi connectivity index (χ4n) is 2.29. The van der Waals surface area contributed by atoms with Crippen molar-refractivity contribution in [3.63, 3.8) is 0 Å². The summed E-state index contributed by atoms with van der Waals surface area (Å²) in [4.78, 5) is 27.6. The molecule has 1 aliphatic heterocycles. The third-order valence-corrected chi connectivity index (χ3v) is 3.73. The number of cyclic esters (lactones) is 1. The van der Waals surface area contributed by atoms with Crippen LogP contribution in [0.1, 0.15) is 12.5 Å². The van der Waals surface area contributed by atoms with Crippen LogP contribution in [0.2, 0.25) is 0 Å². The molecule has 2 atom stereocenters. The molecule has 1 aliphatic carbocycles. The van der Waals surface area contributed by atoms with E-state index in [1.807, 2.05) is 24.3 Å². The first kappa shape index (κ1) is 14.7. The number of carbonyl (C=O) groups is 2. The molecule has 1 aromatic rings. The van der Waals surface area contributed by atoms with E-state index in [4.69, 9.17) is 9.47 Å². The van der Waals surface area contributed by atoms with Crippen LogP contribution in [0.15, 0.2) is 57.7 Å². The minimum atomic E-state index is -0.574. The molecule has 5 nitrogen and oxygen atoms in total. The molecule has 6 heteroatoms. The first-order valence-electron chi connectivity index (χ1n) is 6.67. The molecule has 0 N–H and O–H groups in total. The van der Waals surface area contributed by atoms with Gasteiger partial charge in [-0.2, -0.15) is 0 Å². The predicted octanol–water partition coefficient (Wildman–Crippen LogP) is 2.75. The number of esters is 2. The largest absolute Gasteiger partial charge is 0.427 e. The van der Waals surface area contributed by atoms with Crippen LogP contribution < -0.4 is 0 Å². The molecule has 0 saturated heterocycles. The number of rotatable bonds is 2. The number of nitrogens with zero attached hydrogens (tertiary/aromatic N) is 1. The monoisotopic (exact) mass is 361 g/mol. The van der Waals surface area contributed by atoms with Gasteiger partial charge in [-0.15, -0.1) is 0 Å². The molecule has 1 heterocycles. The maximum atomic E-state index is 12.2. The van der Waals surface area contributed by atoms with Gasteiger partial charge in [-0.25, -0.2) is 4.99 Å². The number of carbonyl (C=O) groups excluding carboxylic acids is 2. The topological polar surface area (TPSA) is 65.0 Å². The molecule has 0 radical (unpaired) electrons. The summed E-state index contributed by atoms with van der Waals surface area (Å²) in [7, 11) is 0. The standard InChI is InChI=1S/C16H12BrNO4/c1-9(19)21-12-5-6-14-13(8-12)16(20)22-15(18-14)10-3-2-4-11(17)7-10/h2-8,13-14H,1H3. The van der Waals surface area contributed by atoms with Crippen molar-refractivity contribution in [2.45, 2.75) is 13.0 Å². The highest BCUT2D eigenvalue weighted by Gasteiger charge is 2.35. The number of aliphatic imine (C=N–C) groups is 1. The van der Waals surface area contributed by atoms with Gasteiger partial charge in [-0.05, 0) is 30.4 Å². The SMILES string of the molecule is CC(=O)OC1=CC2C(=O)OC(c3cccc(Br)c3)=NC2C=C1. The molecule has 112 valence electrons. The first-order chi connectivity index (χ1) is 10.5. The number of benzene rings is 1. The number of allylic oxidation sites excluding steroid dienone is 1. The van der Waals surface area contributed by atoms with Gasteiger partial charge in [0.05, 0.1) is 6.04 Å². The van der Waals surface area contributed by atoms with Gasteiger partial charge in [0.15, 0.2) is 0 Å². The highest BCUT2D eigenvalue weighted by Crippen LogP contribution is 2.27. The van der Waals surface area contributed by atoms with E-state index < -0.39 is 17.9 Å². The zero-order chi connectivity index (χ0) is 15.7. The van der Waals surface area contributed by atoms with Crippen molar-refractivity contribution in [3.05, 3.63) is 58.3 Å². The van der Waals surface area contributed by atoms with E-state index in [1.54, 1.807) is 18.2 Å². The van der Waals surface area contributed by atoms with Crippen LogP contribution in [0.25, 0.3) is 0 Å². The zero-order valence-corrected chi connectivity index (χ0v) is 13.2. The zero-order valence-electron chi connectivity index (χ0n) is 11.7. The van der Waals surface area contributed by atoms with Crippen molar-refractivity contribution in [3.8, 4) is 0 Å². The average Bonchev–Trinajstić information content (AvgIpc) is 2.47. The number of ether oxygens (including phenoxy) is 2. The minimum Gasteiger partial charge on any atom is -0.427 e. The van der Waals surface area contributed by atoms with Crippen LogP contribution in [-0.4, -0.2) is 23.9 Å². The van der Waals surface area contributed by atoms with Gasteiger partial charge in [0, 0.05) is 17.0 Å². The Morgan fingerprint density at radius 1 is 1.41 bits per heavy atom. The first-order valence-corrected chi connectivity index (χ1v) is 7.46. The van der Waals surface area contributed by atoms with Gasteiger partial charge >= 0.3 is 11.9 Å². The summed E-state index contributed by atoms with van der Waals surface area (Å²) in [6.45, 7) is 1.31. The van der Waals surface area contributed by atoms with Gasteiger partial charge < -0.3 is 9.47 Å². The van der Waals surface area contributed by atoms with Crippen molar-refractivity contribution in [1.82, 2.24) is 0 Å². The Bertz CT molecular complexity index is 735. The fraction of sp³-hybridized carbons (Fsp3) is 0.188. The maximum absolute atomic E-state index is 12.2. The second kappa shape index (κ2) is 5.88. The van der Waals surface area contributed by atoms with Crippen molar-refractivity contribution in [2.75, 3.05) is 0 Å². The third kappa shape index (κ3) is 3.01. The number of fused-ring (bicyclic) bond motifs is 1. The van der Waals surface area contributed by atoms with Crippen LogP contribution in [0.3, 0.4) is 0 Å². The summed E-state index contributed by atoms with van der Waals surface area (Å²) < 4.78 is 11.2. The predicted molar refractivity (Wildman–Crippen MR) is 83.0 cm³/mol. The van der Waals surface area contributed by atoms with Crippen LogP contribution in [0, 0.1) is 5.92 Å². The van der Waals surface area contributed by atoms with Gasteiger partial charge in [-0.3, -0.25) is 9.59 Å². The normalized spacial score (nSPS) is 23.1. The summed E-state index contributed by atoms with van der Waals surface area (Å²) >= 11 is 3.38. The number of hydrogen-bond acceptors (Lipinski definition) is 5. The van der Waals surface area contributed by atoms with Crippen LogP contribution in [-0.2, 0) is 19.1 Å². The number of halogens is 1. The van der Waals surface area contributed by atoms with Gasteiger partial charge in [0.25, 0.3) is 0 Å². The molecule has 0 fully saturated rings. The van der Waals surface area contributed by atoms with E-state index in [9.17, 15) is 9.59 Å². The lowest BCUT2D eigenvalue weighted by molar-refractivity contribution is -0.141. The Kier molecular flexibility index (Phi) is 3.94. The molecule has 0 bridgehead atoms.